The van der Waals surface area contributed by atoms with E-state index in [2.05, 4.69) is 41.0 Å². The first-order chi connectivity index (χ1) is 11.6. The van der Waals surface area contributed by atoms with Crippen molar-refractivity contribution in [2.45, 2.75) is 19.4 Å². The van der Waals surface area contributed by atoms with Crippen LogP contribution in [0.2, 0.25) is 0 Å². The Balaban J connectivity index is 1.47. The molecule has 1 saturated heterocycles. The van der Waals surface area contributed by atoms with E-state index in [-0.39, 0.29) is 0 Å². The van der Waals surface area contributed by atoms with E-state index >= 15 is 0 Å². The summed E-state index contributed by atoms with van der Waals surface area (Å²) in [7, 11) is 0. The van der Waals surface area contributed by atoms with Gasteiger partial charge >= 0.3 is 0 Å². The molecule has 1 heterocycles. The highest BCUT2D eigenvalue weighted by Gasteiger charge is 2.18. The van der Waals surface area contributed by atoms with Crippen LogP contribution < -0.4 is 10.6 Å². The molecule has 1 unspecified atom stereocenters. The topological polar surface area (TPSA) is 52.7 Å². The molecule has 1 atom stereocenters. The van der Waals surface area contributed by atoms with Crippen molar-refractivity contribution in [2.75, 3.05) is 43.4 Å². The highest BCUT2D eigenvalue weighted by atomic mass is 16.3. The number of nitrogens with two attached hydrogens (primary N) is 1. The lowest BCUT2D eigenvalue weighted by Gasteiger charge is -2.36. The second-order valence-corrected chi connectivity index (χ2v) is 6.64. The average Bonchev–Trinajstić information content (AvgIpc) is 2.60. The lowest BCUT2D eigenvalue weighted by molar-refractivity contribution is 0.139. The first-order valence-electron chi connectivity index (χ1n) is 8.69. The lowest BCUT2D eigenvalue weighted by atomic mass is 10.1. The molecule has 0 amide bonds. The van der Waals surface area contributed by atoms with Gasteiger partial charge in [-0.05, 0) is 48.7 Å². The molecular formula is C20H27N3O. The van der Waals surface area contributed by atoms with Crippen LogP contribution in [0.5, 0.6) is 0 Å². The number of nitrogen functional groups attached to an aromatic ring is 1. The van der Waals surface area contributed by atoms with Gasteiger partial charge in [0, 0.05) is 44.1 Å². The monoisotopic (exact) mass is 325 g/mol. The zero-order valence-corrected chi connectivity index (χ0v) is 14.4. The van der Waals surface area contributed by atoms with Gasteiger partial charge in [0.25, 0.3) is 0 Å². The molecule has 3 N–H and O–H groups in total. The Bertz CT molecular complexity index is 665. The molecular weight excluding hydrogens is 298 g/mol. The fourth-order valence-corrected chi connectivity index (χ4v) is 3.29. The highest BCUT2D eigenvalue weighted by Crippen LogP contribution is 2.21. The molecule has 128 valence electrons. The van der Waals surface area contributed by atoms with Crippen LogP contribution in [0, 0.1) is 6.92 Å². The summed E-state index contributed by atoms with van der Waals surface area (Å²) in [6, 6.07) is 16.2. The number of piperazine rings is 1. The van der Waals surface area contributed by atoms with Crippen molar-refractivity contribution in [3.63, 3.8) is 0 Å². The van der Waals surface area contributed by atoms with E-state index in [1.807, 2.05) is 24.3 Å². The Hall–Kier alpha value is -2.04. The number of benzene rings is 2. The van der Waals surface area contributed by atoms with Crippen molar-refractivity contribution in [2.24, 2.45) is 0 Å². The van der Waals surface area contributed by atoms with Crippen molar-refractivity contribution in [3.05, 3.63) is 59.7 Å². The number of hydrogen-bond acceptors (Lipinski definition) is 4. The van der Waals surface area contributed by atoms with Crippen molar-refractivity contribution in [3.8, 4) is 0 Å². The van der Waals surface area contributed by atoms with Gasteiger partial charge in [-0.15, -0.1) is 0 Å². The van der Waals surface area contributed by atoms with E-state index in [0.717, 1.165) is 44.7 Å². The maximum Gasteiger partial charge on any atom is 0.0803 e. The number of nitrogens with zero attached hydrogens (tertiary/aromatic N) is 2. The van der Waals surface area contributed by atoms with E-state index < -0.39 is 6.10 Å². The van der Waals surface area contributed by atoms with E-state index in [4.69, 9.17) is 5.73 Å². The SMILES string of the molecule is Cc1cccc(N2CCN(CCC(O)c3cccc(N)c3)CC2)c1. The molecule has 0 radical (unpaired) electrons. The third-order valence-electron chi connectivity index (χ3n) is 4.75. The van der Waals surface area contributed by atoms with Crippen molar-refractivity contribution in [1.29, 1.82) is 0 Å². The van der Waals surface area contributed by atoms with Crippen LogP contribution in [0.25, 0.3) is 0 Å². The third kappa shape index (κ3) is 4.28. The predicted octanol–water partition coefficient (Wildman–Crippen LogP) is 2.82. The van der Waals surface area contributed by atoms with Gasteiger partial charge in [0.15, 0.2) is 0 Å². The Morgan fingerprint density at radius 3 is 2.50 bits per heavy atom. The Labute approximate surface area is 144 Å². The fourth-order valence-electron chi connectivity index (χ4n) is 3.29. The summed E-state index contributed by atoms with van der Waals surface area (Å²) >= 11 is 0. The fraction of sp³-hybridized carbons (Fsp3) is 0.400. The summed E-state index contributed by atoms with van der Waals surface area (Å²) in [6.45, 7) is 7.21. The second-order valence-electron chi connectivity index (χ2n) is 6.64. The molecule has 0 aromatic heterocycles. The van der Waals surface area contributed by atoms with E-state index in [0.29, 0.717) is 5.69 Å². The summed E-state index contributed by atoms with van der Waals surface area (Å²) in [4.78, 5) is 4.87. The van der Waals surface area contributed by atoms with Crippen LogP contribution in [-0.4, -0.2) is 42.7 Å². The van der Waals surface area contributed by atoms with Crippen LogP contribution in [0.15, 0.2) is 48.5 Å². The molecule has 0 saturated carbocycles. The van der Waals surface area contributed by atoms with Crippen LogP contribution in [-0.2, 0) is 0 Å². The highest BCUT2D eigenvalue weighted by molar-refractivity contribution is 5.48. The van der Waals surface area contributed by atoms with E-state index in [1.165, 1.54) is 11.3 Å². The Morgan fingerprint density at radius 2 is 1.79 bits per heavy atom. The number of rotatable bonds is 5. The van der Waals surface area contributed by atoms with Crippen molar-refractivity contribution < 1.29 is 5.11 Å². The molecule has 4 heteroatoms. The third-order valence-corrected chi connectivity index (χ3v) is 4.75. The van der Waals surface area contributed by atoms with Gasteiger partial charge in [0.2, 0.25) is 0 Å². The van der Waals surface area contributed by atoms with Gasteiger partial charge in [-0.3, -0.25) is 4.90 Å². The quantitative estimate of drug-likeness (QED) is 0.830. The summed E-state index contributed by atoms with van der Waals surface area (Å²) in [5.74, 6) is 0. The molecule has 4 nitrogen and oxygen atoms in total. The molecule has 0 aliphatic carbocycles. The predicted molar refractivity (Wildman–Crippen MR) is 100 cm³/mol. The molecule has 24 heavy (non-hydrogen) atoms. The number of aliphatic hydroxyl groups excluding tert-OH is 1. The molecule has 1 fully saturated rings. The smallest absolute Gasteiger partial charge is 0.0803 e. The Kier molecular flexibility index (Phi) is 5.38. The van der Waals surface area contributed by atoms with Crippen LogP contribution >= 0.6 is 0 Å². The first kappa shape index (κ1) is 16.8. The summed E-state index contributed by atoms with van der Waals surface area (Å²) < 4.78 is 0. The zero-order chi connectivity index (χ0) is 16.9. The molecule has 2 aromatic rings. The molecule has 3 rings (SSSR count). The van der Waals surface area contributed by atoms with Gasteiger partial charge in [0.1, 0.15) is 0 Å². The second kappa shape index (κ2) is 7.69. The van der Waals surface area contributed by atoms with Crippen LogP contribution in [0.1, 0.15) is 23.7 Å². The molecule has 1 aliphatic heterocycles. The number of aryl methyl sites for hydroxylation is 1. The van der Waals surface area contributed by atoms with E-state index in [9.17, 15) is 5.11 Å². The minimum atomic E-state index is -0.441. The van der Waals surface area contributed by atoms with Gasteiger partial charge < -0.3 is 15.7 Å². The maximum absolute atomic E-state index is 10.3. The van der Waals surface area contributed by atoms with Gasteiger partial charge in [-0.2, -0.15) is 0 Å². The summed E-state index contributed by atoms with van der Waals surface area (Å²) in [5, 5.41) is 10.3. The largest absolute Gasteiger partial charge is 0.399 e. The van der Waals surface area contributed by atoms with Crippen LogP contribution in [0.3, 0.4) is 0 Å². The molecule has 2 aromatic carbocycles. The van der Waals surface area contributed by atoms with Crippen molar-refractivity contribution >= 4 is 11.4 Å². The summed E-state index contributed by atoms with van der Waals surface area (Å²) in [5.41, 5.74) is 10.0. The first-order valence-corrected chi connectivity index (χ1v) is 8.69. The van der Waals surface area contributed by atoms with Gasteiger partial charge in [0.05, 0.1) is 6.10 Å². The van der Waals surface area contributed by atoms with Crippen molar-refractivity contribution in [1.82, 2.24) is 4.90 Å². The average molecular weight is 325 g/mol. The van der Waals surface area contributed by atoms with E-state index in [1.54, 1.807) is 0 Å². The minimum absolute atomic E-state index is 0.441. The number of hydrogen-bond donors (Lipinski definition) is 2. The summed E-state index contributed by atoms with van der Waals surface area (Å²) in [6.07, 6.45) is 0.303. The standard InChI is InChI=1S/C20H27N3O/c1-16-4-2-7-19(14-16)23-12-10-22(11-13-23)9-8-20(24)17-5-3-6-18(21)15-17/h2-7,14-15,20,24H,8-13,21H2,1H3. The Morgan fingerprint density at radius 1 is 1.04 bits per heavy atom. The molecule has 0 bridgehead atoms. The zero-order valence-electron chi connectivity index (χ0n) is 14.4. The lowest BCUT2D eigenvalue weighted by Crippen LogP contribution is -2.46. The molecule has 1 aliphatic rings. The van der Waals surface area contributed by atoms with Gasteiger partial charge in [-0.1, -0.05) is 24.3 Å². The minimum Gasteiger partial charge on any atom is -0.399 e. The van der Waals surface area contributed by atoms with Crippen LogP contribution in [0.4, 0.5) is 11.4 Å². The van der Waals surface area contributed by atoms with Gasteiger partial charge in [-0.25, -0.2) is 0 Å². The maximum atomic E-state index is 10.3. The number of aliphatic hydroxyl groups is 1. The normalized spacial score (nSPS) is 17.0. The molecule has 0 spiro atoms. The number of anilines is 2.